The van der Waals surface area contributed by atoms with Crippen molar-refractivity contribution in [2.45, 2.75) is 12.0 Å². The van der Waals surface area contributed by atoms with Crippen LogP contribution in [0.3, 0.4) is 0 Å². The Balaban J connectivity index is 2.14. The van der Waals surface area contributed by atoms with Crippen molar-refractivity contribution >= 4 is 15.9 Å². The monoisotopic (exact) mass is 239 g/mol. The molecular formula is C10H10BrNO. The molecule has 0 bridgehead atoms. The predicted molar refractivity (Wildman–Crippen MR) is 54.2 cm³/mol. The van der Waals surface area contributed by atoms with Crippen molar-refractivity contribution in [3.8, 4) is 5.75 Å². The molecule has 1 saturated heterocycles. The molecule has 3 rings (SSSR count). The molecule has 3 heteroatoms. The van der Waals surface area contributed by atoms with Crippen LogP contribution < -0.4 is 10.1 Å². The zero-order valence-electron chi connectivity index (χ0n) is 7.09. The second-order valence-electron chi connectivity index (χ2n) is 3.57. The van der Waals surface area contributed by atoms with E-state index < -0.39 is 0 Å². The molecule has 0 aliphatic carbocycles. The smallest absolute Gasteiger partial charge is 0.124 e. The van der Waals surface area contributed by atoms with Crippen LogP contribution >= 0.6 is 15.9 Å². The number of halogens is 1. The van der Waals surface area contributed by atoms with Gasteiger partial charge in [0.2, 0.25) is 0 Å². The first-order valence-electron chi connectivity index (χ1n) is 4.52. The Morgan fingerprint density at radius 1 is 1.38 bits per heavy atom. The zero-order chi connectivity index (χ0) is 8.84. The fraction of sp³-hybridized carbons (Fsp3) is 0.400. The fourth-order valence-electron chi connectivity index (χ4n) is 2.21. The van der Waals surface area contributed by atoms with Crippen molar-refractivity contribution in [2.75, 3.05) is 13.1 Å². The van der Waals surface area contributed by atoms with Crippen LogP contribution in [0, 0.1) is 0 Å². The Kier molecular flexibility index (Phi) is 1.64. The summed E-state index contributed by atoms with van der Waals surface area (Å²) < 4.78 is 7.00. The Morgan fingerprint density at radius 3 is 3.23 bits per heavy atom. The molecule has 2 atom stereocenters. The summed E-state index contributed by atoms with van der Waals surface area (Å²) in [7, 11) is 0. The highest BCUT2D eigenvalue weighted by Gasteiger charge is 2.38. The van der Waals surface area contributed by atoms with Gasteiger partial charge in [0.05, 0.1) is 0 Å². The van der Waals surface area contributed by atoms with Crippen LogP contribution in [0.25, 0.3) is 0 Å². The first-order valence-corrected chi connectivity index (χ1v) is 5.31. The third kappa shape index (κ3) is 1.04. The van der Waals surface area contributed by atoms with E-state index in [1.54, 1.807) is 0 Å². The van der Waals surface area contributed by atoms with E-state index in [2.05, 4.69) is 33.4 Å². The van der Waals surface area contributed by atoms with Gasteiger partial charge in [0.25, 0.3) is 0 Å². The molecule has 1 aromatic rings. The quantitative estimate of drug-likeness (QED) is 0.747. The second-order valence-corrected chi connectivity index (χ2v) is 4.43. The van der Waals surface area contributed by atoms with Crippen LogP contribution in [0.15, 0.2) is 22.7 Å². The summed E-state index contributed by atoms with van der Waals surface area (Å²) >= 11 is 3.58. The van der Waals surface area contributed by atoms with Crippen molar-refractivity contribution in [3.05, 3.63) is 28.2 Å². The molecule has 0 radical (unpaired) electrons. The minimum atomic E-state index is 0.355. The van der Waals surface area contributed by atoms with Gasteiger partial charge >= 0.3 is 0 Å². The molecule has 68 valence electrons. The highest BCUT2D eigenvalue weighted by atomic mass is 79.9. The first kappa shape index (κ1) is 7.83. The Bertz CT molecular complexity index is 353. The Morgan fingerprint density at radius 2 is 2.31 bits per heavy atom. The largest absolute Gasteiger partial charge is 0.488 e. The zero-order valence-corrected chi connectivity index (χ0v) is 8.67. The lowest BCUT2D eigenvalue weighted by Gasteiger charge is -2.06. The molecular weight excluding hydrogens is 230 g/mol. The lowest BCUT2D eigenvalue weighted by atomic mass is 9.99. The first-order chi connectivity index (χ1) is 6.36. The standard InChI is InChI=1S/C10H10BrNO/c11-7-2-1-3-8-10(7)6-4-12-5-9(6)13-8/h1-3,6,9,12H,4-5H2/t6-,9+/m0/s1. The molecule has 0 saturated carbocycles. The second kappa shape index (κ2) is 2.72. The number of ether oxygens (including phenoxy) is 1. The Labute approximate surface area is 85.4 Å². The van der Waals surface area contributed by atoms with Crippen LogP contribution in [0.2, 0.25) is 0 Å². The average Bonchev–Trinajstić information content (AvgIpc) is 2.62. The van der Waals surface area contributed by atoms with Gasteiger partial charge < -0.3 is 10.1 Å². The molecule has 0 aromatic heterocycles. The van der Waals surface area contributed by atoms with Gasteiger partial charge in [0, 0.05) is 29.0 Å². The maximum Gasteiger partial charge on any atom is 0.124 e. The summed E-state index contributed by atoms with van der Waals surface area (Å²) in [5.41, 5.74) is 1.34. The molecule has 2 aliphatic rings. The minimum absolute atomic E-state index is 0.355. The van der Waals surface area contributed by atoms with Gasteiger partial charge in [-0.15, -0.1) is 0 Å². The van der Waals surface area contributed by atoms with Gasteiger partial charge in [-0.2, -0.15) is 0 Å². The molecule has 2 heterocycles. The Hall–Kier alpha value is -0.540. The van der Waals surface area contributed by atoms with Crippen molar-refractivity contribution in [3.63, 3.8) is 0 Å². The number of rotatable bonds is 0. The number of nitrogens with one attached hydrogen (secondary N) is 1. The summed E-state index contributed by atoms with van der Waals surface area (Å²) in [4.78, 5) is 0. The van der Waals surface area contributed by atoms with E-state index in [9.17, 15) is 0 Å². The van der Waals surface area contributed by atoms with E-state index in [4.69, 9.17) is 4.74 Å². The maximum absolute atomic E-state index is 5.82. The van der Waals surface area contributed by atoms with Crippen molar-refractivity contribution < 1.29 is 4.74 Å². The summed E-state index contributed by atoms with van der Waals surface area (Å²) in [6, 6.07) is 6.17. The number of benzene rings is 1. The van der Waals surface area contributed by atoms with Crippen LogP contribution in [0.5, 0.6) is 5.75 Å². The van der Waals surface area contributed by atoms with Crippen LogP contribution in [-0.4, -0.2) is 19.2 Å². The molecule has 2 nitrogen and oxygen atoms in total. The van der Waals surface area contributed by atoms with Crippen LogP contribution in [-0.2, 0) is 0 Å². The highest BCUT2D eigenvalue weighted by molar-refractivity contribution is 9.10. The summed E-state index contributed by atoms with van der Waals surface area (Å²) in [5.74, 6) is 1.61. The van der Waals surface area contributed by atoms with Crippen molar-refractivity contribution in [2.24, 2.45) is 0 Å². The van der Waals surface area contributed by atoms with Crippen LogP contribution in [0.1, 0.15) is 11.5 Å². The van der Waals surface area contributed by atoms with Gasteiger partial charge in [-0.25, -0.2) is 0 Å². The van der Waals surface area contributed by atoms with Gasteiger partial charge in [0.1, 0.15) is 11.9 Å². The summed E-state index contributed by atoms with van der Waals surface area (Å²) in [6.45, 7) is 2.02. The van der Waals surface area contributed by atoms with E-state index in [1.807, 2.05) is 6.07 Å². The number of fused-ring (bicyclic) bond motifs is 3. The third-order valence-electron chi connectivity index (χ3n) is 2.82. The van der Waals surface area contributed by atoms with E-state index in [1.165, 1.54) is 10.0 Å². The maximum atomic E-state index is 5.82. The molecule has 13 heavy (non-hydrogen) atoms. The molecule has 1 N–H and O–H groups in total. The van der Waals surface area contributed by atoms with E-state index >= 15 is 0 Å². The summed E-state index contributed by atoms with van der Waals surface area (Å²) in [6.07, 6.45) is 0.355. The molecule has 1 aromatic carbocycles. The van der Waals surface area contributed by atoms with Crippen LogP contribution in [0.4, 0.5) is 0 Å². The minimum Gasteiger partial charge on any atom is -0.488 e. The molecule has 0 unspecified atom stereocenters. The lowest BCUT2D eigenvalue weighted by Crippen LogP contribution is -2.18. The van der Waals surface area contributed by atoms with E-state index in [-0.39, 0.29) is 0 Å². The van der Waals surface area contributed by atoms with Gasteiger partial charge in [-0.1, -0.05) is 22.0 Å². The summed E-state index contributed by atoms with van der Waals surface area (Å²) in [5, 5.41) is 3.35. The average molecular weight is 240 g/mol. The fourth-order valence-corrected chi connectivity index (χ4v) is 2.85. The van der Waals surface area contributed by atoms with E-state index in [0.29, 0.717) is 12.0 Å². The molecule has 0 amide bonds. The van der Waals surface area contributed by atoms with Gasteiger partial charge in [-0.05, 0) is 12.1 Å². The molecule has 1 fully saturated rings. The normalized spacial score (nSPS) is 29.6. The lowest BCUT2D eigenvalue weighted by molar-refractivity contribution is 0.239. The SMILES string of the molecule is Brc1cccc2c1[C@H]1CNC[C@H]1O2. The predicted octanol–water partition coefficient (Wildman–Crippen LogP) is 1.90. The highest BCUT2D eigenvalue weighted by Crippen LogP contribution is 2.43. The third-order valence-corrected chi connectivity index (χ3v) is 3.51. The number of hydrogen-bond acceptors (Lipinski definition) is 2. The van der Waals surface area contributed by atoms with Crippen molar-refractivity contribution in [1.82, 2.24) is 5.32 Å². The van der Waals surface area contributed by atoms with Gasteiger partial charge in [0.15, 0.2) is 0 Å². The van der Waals surface area contributed by atoms with E-state index in [0.717, 1.165) is 18.8 Å². The topological polar surface area (TPSA) is 21.3 Å². The van der Waals surface area contributed by atoms with Crippen molar-refractivity contribution in [1.29, 1.82) is 0 Å². The molecule has 2 aliphatic heterocycles. The molecule has 0 spiro atoms. The van der Waals surface area contributed by atoms with Gasteiger partial charge in [-0.3, -0.25) is 0 Å². The number of hydrogen-bond donors (Lipinski definition) is 1.